The molecule has 3 aromatic rings. The molecule has 7 heteroatoms. The molecule has 1 saturated heterocycles. The van der Waals surface area contributed by atoms with Crippen molar-refractivity contribution in [1.29, 1.82) is 0 Å². The highest BCUT2D eigenvalue weighted by Crippen LogP contribution is 2.48. The van der Waals surface area contributed by atoms with Crippen LogP contribution in [0.25, 0.3) is 0 Å². The molecule has 4 heterocycles. The topological polar surface area (TPSA) is 64.5 Å². The van der Waals surface area contributed by atoms with Gasteiger partial charge in [-0.2, -0.15) is 0 Å². The molecule has 0 saturated carbocycles. The summed E-state index contributed by atoms with van der Waals surface area (Å²) in [4.78, 5) is 23.6. The molecule has 2 aliphatic heterocycles. The van der Waals surface area contributed by atoms with E-state index in [1.165, 1.54) is 12.1 Å². The van der Waals surface area contributed by atoms with Crippen LogP contribution in [-0.2, 0) is 0 Å². The Morgan fingerprint density at radius 3 is 2.87 bits per heavy atom. The molecule has 5 rings (SSSR count). The fourth-order valence-electron chi connectivity index (χ4n) is 4.52. The fraction of sp³-hybridized carbons (Fsp3) is 0.292. The summed E-state index contributed by atoms with van der Waals surface area (Å²) in [5.74, 6) is 0.740. The SMILES string of the molecule is Cc1cccc(OC[C@@H]2CN(C(=O)c3ccncc3)[C@H]3c4cc(F)ccc4OC[C@@H]23)n1. The van der Waals surface area contributed by atoms with E-state index in [2.05, 4.69) is 9.97 Å². The number of hydrogen-bond acceptors (Lipinski definition) is 5. The van der Waals surface area contributed by atoms with Crippen molar-refractivity contribution in [3.8, 4) is 11.6 Å². The summed E-state index contributed by atoms with van der Waals surface area (Å²) in [5.41, 5.74) is 2.14. The Kier molecular flexibility index (Phi) is 5.02. The largest absolute Gasteiger partial charge is 0.493 e. The van der Waals surface area contributed by atoms with E-state index in [1.807, 2.05) is 30.0 Å². The minimum absolute atomic E-state index is 0.00936. The number of pyridine rings is 2. The molecule has 31 heavy (non-hydrogen) atoms. The Labute approximate surface area is 179 Å². The predicted molar refractivity (Wildman–Crippen MR) is 111 cm³/mol. The summed E-state index contributed by atoms with van der Waals surface area (Å²) in [5, 5.41) is 0. The zero-order valence-electron chi connectivity index (χ0n) is 17.1. The third kappa shape index (κ3) is 3.71. The molecule has 1 amide bonds. The van der Waals surface area contributed by atoms with Crippen LogP contribution >= 0.6 is 0 Å². The Morgan fingerprint density at radius 1 is 1.23 bits per heavy atom. The number of aromatic nitrogens is 2. The highest BCUT2D eigenvalue weighted by atomic mass is 19.1. The van der Waals surface area contributed by atoms with Gasteiger partial charge in [0, 0.05) is 53.7 Å². The highest BCUT2D eigenvalue weighted by molar-refractivity contribution is 5.94. The number of rotatable bonds is 4. The summed E-state index contributed by atoms with van der Waals surface area (Å²) in [6.45, 7) is 3.24. The highest BCUT2D eigenvalue weighted by Gasteiger charge is 2.48. The number of nitrogens with zero attached hydrogens (tertiary/aromatic N) is 3. The summed E-state index contributed by atoms with van der Waals surface area (Å²) in [6, 6.07) is 13.2. The second kappa shape index (κ2) is 7.98. The van der Waals surface area contributed by atoms with Crippen LogP contribution in [0.2, 0.25) is 0 Å². The van der Waals surface area contributed by atoms with Crippen molar-refractivity contribution < 1.29 is 18.7 Å². The van der Waals surface area contributed by atoms with Crippen molar-refractivity contribution in [2.24, 2.45) is 11.8 Å². The second-order valence-corrected chi connectivity index (χ2v) is 7.98. The molecule has 1 aromatic carbocycles. The monoisotopic (exact) mass is 419 g/mol. The van der Waals surface area contributed by atoms with Crippen LogP contribution in [0.3, 0.4) is 0 Å². The zero-order chi connectivity index (χ0) is 21.4. The quantitative estimate of drug-likeness (QED) is 0.643. The first kappa shape index (κ1) is 19.5. The van der Waals surface area contributed by atoms with E-state index < -0.39 is 0 Å². The van der Waals surface area contributed by atoms with Gasteiger partial charge in [-0.3, -0.25) is 9.78 Å². The number of benzene rings is 1. The first-order chi connectivity index (χ1) is 15.1. The molecule has 158 valence electrons. The van der Waals surface area contributed by atoms with E-state index in [0.717, 1.165) is 5.69 Å². The van der Waals surface area contributed by atoms with Gasteiger partial charge in [0.1, 0.15) is 11.6 Å². The molecule has 0 aliphatic carbocycles. The zero-order valence-corrected chi connectivity index (χ0v) is 17.1. The Balaban J connectivity index is 1.46. The Bertz CT molecular complexity index is 1110. The number of amides is 1. The maximum atomic E-state index is 14.1. The van der Waals surface area contributed by atoms with Crippen LogP contribution in [0.15, 0.2) is 60.9 Å². The van der Waals surface area contributed by atoms with Crippen LogP contribution in [0.5, 0.6) is 11.6 Å². The predicted octanol–water partition coefficient (Wildman–Crippen LogP) is 3.83. The number of halogens is 1. The van der Waals surface area contributed by atoms with Gasteiger partial charge in [-0.1, -0.05) is 6.07 Å². The van der Waals surface area contributed by atoms with E-state index in [1.54, 1.807) is 30.6 Å². The lowest BCUT2D eigenvalue weighted by molar-refractivity contribution is 0.0674. The summed E-state index contributed by atoms with van der Waals surface area (Å²) < 4.78 is 26.0. The van der Waals surface area contributed by atoms with Gasteiger partial charge in [-0.25, -0.2) is 9.37 Å². The van der Waals surface area contributed by atoms with E-state index in [-0.39, 0.29) is 29.6 Å². The minimum atomic E-state index is -0.344. The molecule has 0 N–H and O–H groups in total. The van der Waals surface area contributed by atoms with Gasteiger partial charge in [0.05, 0.1) is 19.3 Å². The average molecular weight is 419 g/mol. The lowest BCUT2D eigenvalue weighted by Gasteiger charge is -2.34. The van der Waals surface area contributed by atoms with Gasteiger partial charge in [-0.15, -0.1) is 0 Å². The normalized spacial score (nSPS) is 21.7. The van der Waals surface area contributed by atoms with Gasteiger partial charge >= 0.3 is 0 Å². The van der Waals surface area contributed by atoms with Crippen LogP contribution < -0.4 is 9.47 Å². The van der Waals surface area contributed by atoms with Gasteiger partial charge in [0.25, 0.3) is 5.91 Å². The smallest absolute Gasteiger partial charge is 0.254 e. The summed E-state index contributed by atoms with van der Waals surface area (Å²) in [6.07, 6.45) is 3.20. The van der Waals surface area contributed by atoms with Crippen molar-refractivity contribution in [1.82, 2.24) is 14.9 Å². The Hall–Kier alpha value is -3.48. The van der Waals surface area contributed by atoms with Gasteiger partial charge in [-0.05, 0) is 43.3 Å². The molecule has 3 atom stereocenters. The van der Waals surface area contributed by atoms with E-state index >= 15 is 0 Å². The third-order valence-corrected chi connectivity index (χ3v) is 6.00. The molecule has 2 aliphatic rings. The van der Waals surface area contributed by atoms with Crippen LogP contribution in [0.4, 0.5) is 4.39 Å². The molecular formula is C24H22FN3O3. The number of hydrogen-bond donors (Lipinski definition) is 0. The molecule has 0 unspecified atom stereocenters. The number of likely N-dealkylation sites (tertiary alicyclic amines) is 1. The molecule has 0 radical (unpaired) electrons. The fourth-order valence-corrected chi connectivity index (χ4v) is 4.52. The van der Waals surface area contributed by atoms with E-state index in [4.69, 9.17) is 9.47 Å². The first-order valence-electron chi connectivity index (χ1n) is 10.3. The molecule has 0 spiro atoms. The van der Waals surface area contributed by atoms with Crippen LogP contribution in [0, 0.1) is 24.6 Å². The van der Waals surface area contributed by atoms with Crippen molar-refractivity contribution >= 4 is 5.91 Å². The molecular weight excluding hydrogens is 397 g/mol. The van der Waals surface area contributed by atoms with Crippen molar-refractivity contribution in [3.63, 3.8) is 0 Å². The molecule has 0 bridgehead atoms. The van der Waals surface area contributed by atoms with Gasteiger partial charge < -0.3 is 14.4 Å². The third-order valence-electron chi connectivity index (χ3n) is 6.00. The standard InChI is InChI=1S/C24H22FN3O3/c1-15-3-2-4-22(27-15)31-13-17-12-28(24(29)16-7-9-26-10-8-16)23-19-11-18(25)5-6-21(19)30-14-20(17)23/h2-11,17,20,23H,12-14H2,1H3/t17-,20-,23-/m0/s1. The molecule has 2 aromatic heterocycles. The van der Waals surface area contributed by atoms with Crippen LogP contribution in [-0.4, -0.2) is 40.5 Å². The molecule has 1 fully saturated rings. The average Bonchev–Trinajstić information content (AvgIpc) is 3.17. The second-order valence-electron chi connectivity index (χ2n) is 7.98. The molecule has 6 nitrogen and oxygen atoms in total. The van der Waals surface area contributed by atoms with Crippen molar-refractivity contribution in [2.45, 2.75) is 13.0 Å². The summed E-state index contributed by atoms with van der Waals surface area (Å²) in [7, 11) is 0. The first-order valence-corrected chi connectivity index (χ1v) is 10.3. The minimum Gasteiger partial charge on any atom is -0.493 e. The van der Waals surface area contributed by atoms with Crippen molar-refractivity contribution in [2.75, 3.05) is 19.8 Å². The van der Waals surface area contributed by atoms with Gasteiger partial charge in [0.15, 0.2) is 0 Å². The number of ether oxygens (including phenoxy) is 2. The number of carbonyl (C=O) groups excluding carboxylic acids is 1. The summed E-state index contributed by atoms with van der Waals surface area (Å²) >= 11 is 0. The van der Waals surface area contributed by atoms with Crippen LogP contribution in [0.1, 0.15) is 27.7 Å². The lowest BCUT2D eigenvalue weighted by atomic mass is 9.85. The van der Waals surface area contributed by atoms with Gasteiger partial charge in [0.2, 0.25) is 5.88 Å². The maximum absolute atomic E-state index is 14.1. The van der Waals surface area contributed by atoms with Crippen molar-refractivity contribution in [3.05, 3.63) is 83.6 Å². The Morgan fingerprint density at radius 2 is 2.06 bits per heavy atom. The number of fused-ring (bicyclic) bond motifs is 3. The van der Waals surface area contributed by atoms with E-state index in [0.29, 0.717) is 42.5 Å². The van der Waals surface area contributed by atoms with E-state index in [9.17, 15) is 9.18 Å². The number of carbonyl (C=O) groups is 1. The maximum Gasteiger partial charge on any atom is 0.254 e. The number of aryl methyl sites for hydroxylation is 1. The lowest BCUT2D eigenvalue weighted by Crippen LogP contribution is -2.35.